The Kier molecular flexibility index (Phi) is 4.37. The Bertz CT molecular complexity index is 782. The third kappa shape index (κ3) is 3.43. The van der Waals surface area contributed by atoms with Crippen LogP contribution in [0.1, 0.15) is 11.1 Å². The van der Waals surface area contributed by atoms with Crippen molar-refractivity contribution in [3.8, 4) is 0 Å². The zero-order chi connectivity index (χ0) is 15.8. The fourth-order valence-electron chi connectivity index (χ4n) is 1.91. The van der Waals surface area contributed by atoms with Crippen molar-refractivity contribution in [3.05, 3.63) is 51.5 Å². The fraction of sp³-hybridized carbons (Fsp3) is 0.143. The molecule has 0 aliphatic carbocycles. The van der Waals surface area contributed by atoms with Gasteiger partial charge in [-0.25, -0.2) is 8.42 Å². The number of hydrogen-bond donors (Lipinski definition) is 2. The molecule has 0 amide bonds. The number of hydrogen-bond acceptors (Lipinski definition) is 3. The van der Waals surface area contributed by atoms with E-state index in [2.05, 4.69) is 4.72 Å². The molecule has 0 aliphatic heterocycles. The number of nitrogens with two attached hydrogens (primary N) is 1. The van der Waals surface area contributed by atoms with Gasteiger partial charge >= 0.3 is 0 Å². The molecule has 0 atom stereocenters. The van der Waals surface area contributed by atoms with Gasteiger partial charge in [-0.05, 0) is 43.2 Å². The molecule has 7 heteroatoms. The summed E-state index contributed by atoms with van der Waals surface area (Å²) in [7, 11) is -3.90. The van der Waals surface area contributed by atoms with Crippen molar-refractivity contribution in [3.63, 3.8) is 0 Å². The Morgan fingerprint density at radius 3 is 2.38 bits per heavy atom. The van der Waals surface area contributed by atoms with Gasteiger partial charge in [0.15, 0.2) is 0 Å². The lowest BCUT2D eigenvalue weighted by molar-refractivity contribution is 0.601. The van der Waals surface area contributed by atoms with Crippen molar-refractivity contribution in [2.75, 3.05) is 10.5 Å². The molecule has 0 saturated heterocycles. The summed E-state index contributed by atoms with van der Waals surface area (Å²) >= 11 is 11.8. The molecule has 0 saturated carbocycles. The van der Waals surface area contributed by atoms with E-state index in [1.807, 2.05) is 26.0 Å². The molecule has 0 aliphatic rings. The SMILES string of the molecule is Cc1ccc(C)c(NS(=O)(=O)c2c(N)cc(Cl)cc2Cl)c1. The lowest BCUT2D eigenvalue weighted by Gasteiger charge is -2.14. The first kappa shape index (κ1) is 15.9. The van der Waals surface area contributed by atoms with E-state index in [1.54, 1.807) is 6.07 Å². The van der Waals surface area contributed by atoms with Gasteiger partial charge in [-0.3, -0.25) is 4.72 Å². The molecule has 0 aromatic heterocycles. The standard InChI is InChI=1S/C14H14Cl2N2O2S/c1-8-3-4-9(2)13(5-8)18-21(19,20)14-11(16)6-10(15)7-12(14)17/h3-7,18H,17H2,1-2H3. The molecule has 2 rings (SSSR count). The highest BCUT2D eigenvalue weighted by atomic mass is 35.5. The van der Waals surface area contributed by atoms with Gasteiger partial charge in [-0.2, -0.15) is 0 Å². The highest BCUT2D eigenvalue weighted by molar-refractivity contribution is 7.93. The van der Waals surface area contributed by atoms with E-state index in [-0.39, 0.29) is 20.6 Å². The van der Waals surface area contributed by atoms with Gasteiger partial charge in [0.25, 0.3) is 10.0 Å². The maximum Gasteiger partial charge on any atom is 0.265 e. The first-order valence-electron chi connectivity index (χ1n) is 6.05. The Morgan fingerprint density at radius 2 is 1.76 bits per heavy atom. The van der Waals surface area contributed by atoms with Crippen LogP contribution >= 0.6 is 23.2 Å². The zero-order valence-corrected chi connectivity index (χ0v) is 13.8. The number of nitrogen functional groups attached to an aromatic ring is 1. The third-order valence-electron chi connectivity index (χ3n) is 2.94. The summed E-state index contributed by atoms with van der Waals surface area (Å²) in [4.78, 5) is -0.172. The molecule has 0 spiro atoms. The molecule has 112 valence electrons. The van der Waals surface area contributed by atoms with Gasteiger partial charge in [0.2, 0.25) is 0 Å². The molecule has 4 nitrogen and oxygen atoms in total. The minimum Gasteiger partial charge on any atom is -0.398 e. The first-order chi connectivity index (χ1) is 9.70. The molecule has 0 unspecified atom stereocenters. The summed E-state index contributed by atoms with van der Waals surface area (Å²) in [6.07, 6.45) is 0. The van der Waals surface area contributed by atoms with Gasteiger partial charge in [0, 0.05) is 5.02 Å². The number of anilines is 2. The molecular formula is C14H14Cl2N2O2S. The van der Waals surface area contributed by atoms with Crippen LogP contribution in [0.15, 0.2) is 35.2 Å². The van der Waals surface area contributed by atoms with Gasteiger partial charge < -0.3 is 5.73 Å². The van der Waals surface area contributed by atoms with Crippen molar-refractivity contribution in [1.82, 2.24) is 0 Å². The molecule has 0 bridgehead atoms. The normalized spacial score (nSPS) is 11.4. The Balaban J connectivity index is 2.51. The van der Waals surface area contributed by atoms with Crippen LogP contribution in [0.5, 0.6) is 0 Å². The van der Waals surface area contributed by atoms with Crippen molar-refractivity contribution >= 4 is 44.6 Å². The fourth-order valence-corrected chi connectivity index (χ4v) is 4.02. The number of halogens is 2. The van der Waals surface area contributed by atoms with E-state index >= 15 is 0 Å². The summed E-state index contributed by atoms with van der Waals surface area (Å²) in [5.74, 6) is 0. The van der Waals surface area contributed by atoms with Crippen LogP contribution in [0.3, 0.4) is 0 Å². The lowest BCUT2D eigenvalue weighted by Crippen LogP contribution is -2.16. The van der Waals surface area contributed by atoms with Crippen LogP contribution in [0, 0.1) is 13.8 Å². The van der Waals surface area contributed by atoms with E-state index in [0.29, 0.717) is 5.69 Å². The smallest absolute Gasteiger partial charge is 0.265 e. The maximum absolute atomic E-state index is 12.5. The van der Waals surface area contributed by atoms with Gasteiger partial charge in [-0.15, -0.1) is 0 Å². The molecule has 21 heavy (non-hydrogen) atoms. The van der Waals surface area contributed by atoms with Crippen molar-refractivity contribution in [2.45, 2.75) is 18.7 Å². The van der Waals surface area contributed by atoms with Crippen LogP contribution in [0.25, 0.3) is 0 Å². The lowest BCUT2D eigenvalue weighted by atomic mass is 10.1. The van der Waals surface area contributed by atoms with Crippen LogP contribution in [-0.2, 0) is 10.0 Å². The summed E-state index contributed by atoms with van der Waals surface area (Å²) < 4.78 is 27.5. The summed E-state index contributed by atoms with van der Waals surface area (Å²) in [5, 5.41) is 0.265. The molecule has 0 radical (unpaired) electrons. The van der Waals surface area contributed by atoms with Crippen LogP contribution in [-0.4, -0.2) is 8.42 Å². The number of benzene rings is 2. The molecule has 0 heterocycles. The molecule has 2 aromatic rings. The average Bonchev–Trinajstić information content (AvgIpc) is 2.31. The second-order valence-electron chi connectivity index (χ2n) is 4.73. The highest BCUT2D eigenvalue weighted by Crippen LogP contribution is 2.32. The van der Waals surface area contributed by atoms with Crippen LogP contribution in [0.4, 0.5) is 11.4 Å². The Morgan fingerprint density at radius 1 is 1.10 bits per heavy atom. The summed E-state index contributed by atoms with van der Waals surface area (Å²) in [6.45, 7) is 3.69. The minimum atomic E-state index is -3.90. The monoisotopic (exact) mass is 344 g/mol. The van der Waals surface area contributed by atoms with E-state index in [0.717, 1.165) is 11.1 Å². The van der Waals surface area contributed by atoms with Crippen molar-refractivity contribution in [2.24, 2.45) is 0 Å². The van der Waals surface area contributed by atoms with E-state index in [1.165, 1.54) is 12.1 Å². The Labute approximate surface area is 133 Å². The average molecular weight is 345 g/mol. The summed E-state index contributed by atoms with van der Waals surface area (Å²) in [6, 6.07) is 8.17. The quantitative estimate of drug-likeness (QED) is 0.826. The second kappa shape index (κ2) is 5.75. The number of nitrogens with one attached hydrogen (secondary N) is 1. The number of rotatable bonds is 3. The van der Waals surface area contributed by atoms with Gasteiger partial charge in [0.1, 0.15) is 4.90 Å². The molecule has 2 aromatic carbocycles. The van der Waals surface area contributed by atoms with E-state index in [9.17, 15) is 8.42 Å². The van der Waals surface area contributed by atoms with E-state index < -0.39 is 10.0 Å². The van der Waals surface area contributed by atoms with E-state index in [4.69, 9.17) is 28.9 Å². The minimum absolute atomic E-state index is 0.00491. The summed E-state index contributed by atoms with van der Waals surface area (Å²) in [5.41, 5.74) is 7.97. The van der Waals surface area contributed by atoms with Crippen molar-refractivity contribution < 1.29 is 8.42 Å². The molecule has 0 fully saturated rings. The largest absolute Gasteiger partial charge is 0.398 e. The number of aryl methyl sites for hydroxylation is 2. The zero-order valence-electron chi connectivity index (χ0n) is 11.4. The number of sulfonamides is 1. The maximum atomic E-state index is 12.5. The molecule has 3 N–H and O–H groups in total. The van der Waals surface area contributed by atoms with Gasteiger partial charge in [0.05, 0.1) is 16.4 Å². The second-order valence-corrected chi connectivity index (χ2v) is 7.19. The predicted molar refractivity (Wildman–Crippen MR) is 87.6 cm³/mol. The predicted octanol–water partition coefficient (Wildman–Crippen LogP) is 3.99. The van der Waals surface area contributed by atoms with Crippen LogP contribution in [0.2, 0.25) is 10.0 Å². The Hall–Kier alpha value is -1.43. The third-order valence-corrected chi connectivity index (χ3v) is 5.05. The molecular weight excluding hydrogens is 331 g/mol. The highest BCUT2D eigenvalue weighted by Gasteiger charge is 2.22. The van der Waals surface area contributed by atoms with Crippen molar-refractivity contribution in [1.29, 1.82) is 0 Å². The topological polar surface area (TPSA) is 72.2 Å². The van der Waals surface area contributed by atoms with Crippen LogP contribution < -0.4 is 10.5 Å². The van der Waals surface area contributed by atoms with Gasteiger partial charge in [-0.1, -0.05) is 35.3 Å². The first-order valence-corrected chi connectivity index (χ1v) is 8.29.